The highest BCUT2D eigenvalue weighted by Gasteiger charge is 2.01. The molecule has 5 nitrogen and oxygen atoms in total. The van der Waals surface area contributed by atoms with Crippen LogP contribution in [-0.4, -0.2) is 29.5 Å². The molecule has 0 aromatic carbocycles. The van der Waals surface area contributed by atoms with Gasteiger partial charge in [0.1, 0.15) is 0 Å². The first-order valence-electron chi connectivity index (χ1n) is 6.11. The minimum absolute atomic E-state index is 0.188. The third-order valence-corrected chi connectivity index (χ3v) is 2.55. The Balaban J connectivity index is 3.11. The van der Waals surface area contributed by atoms with Gasteiger partial charge in [0.15, 0.2) is 0 Å². The summed E-state index contributed by atoms with van der Waals surface area (Å²) in [7, 11) is 0. The Morgan fingerprint density at radius 3 is 2.12 bits per heavy atom. The molecule has 0 aliphatic carbocycles. The maximum absolute atomic E-state index is 9.36. The lowest BCUT2D eigenvalue weighted by molar-refractivity contribution is 0.168. The van der Waals surface area contributed by atoms with Gasteiger partial charge >= 0.3 is 0 Å². The van der Waals surface area contributed by atoms with E-state index >= 15 is 0 Å². The van der Waals surface area contributed by atoms with Crippen LogP contribution in [-0.2, 0) is 0 Å². The third-order valence-electron chi connectivity index (χ3n) is 2.55. The summed E-state index contributed by atoms with van der Waals surface area (Å²) in [4.78, 5) is 2.61. The van der Waals surface area contributed by atoms with Crippen molar-refractivity contribution in [3.05, 3.63) is 10.4 Å². The van der Waals surface area contributed by atoms with Crippen LogP contribution in [0, 0.1) is 0 Å². The monoisotopic (exact) mass is 229 g/mol. The summed E-state index contributed by atoms with van der Waals surface area (Å²) in [6.45, 7) is 0.485. The summed E-state index contributed by atoms with van der Waals surface area (Å²) in [6, 6.07) is 0. The molecule has 0 saturated carbocycles. The van der Waals surface area contributed by atoms with Gasteiger partial charge in [-0.1, -0.05) is 43.6 Å². The van der Waals surface area contributed by atoms with Gasteiger partial charge in [0.25, 0.3) is 0 Å². The van der Waals surface area contributed by atoms with Crippen LogP contribution in [0.3, 0.4) is 0 Å². The Morgan fingerprint density at radius 2 is 1.56 bits per heavy atom. The molecule has 0 fully saturated rings. The predicted molar refractivity (Wildman–Crippen MR) is 64.0 cm³/mol. The number of aliphatic hydroxyl groups is 2. The van der Waals surface area contributed by atoms with Gasteiger partial charge in [-0.05, 0) is 18.4 Å². The lowest BCUT2D eigenvalue weighted by Crippen LogP contribution is -2.09. The summed E-state index contributed by atoms with van der Waals surface area (Å²) >= 11 is 0. The molecular formula is C11H23N3O2. The van der Waals surface area contributed by atoms with E-state index in [1.807, 2.05) is 0 Å². The van der Waals surface area contributed by atoms with Crippen molar-refractivity contribution in [2.24, 2.45) is 5.11 Å². The standard InChI is InChI=1S/C11H23N3O2/c12-14-13-10-11(16)8-6-4-2-1-3-5-7-9-15/h11,15-16H,1-10H2. The minimum Gasteiger partial charge on any atom is -0.396 e. The van der Waals surface area contributed by atoms with Gasteiger partial charge in [-0.3, -0.25) is 0 Å². The fraction of sp³-hybridized carbons (Fsp3) is 1.00. The molecule has 1 atom stereocenters. The molecule has 0 bridgehead atoms. The van der Waals surface area contributed by atoms with E-state index in [1.54, 1.807) is 0 Å². The van der Waals surface area contributed by atoms with Crippen molar-refractivity contribution >= 4 is 0 Å². The van der Waals surface area contributed by atoms with Crippen molar-refractivity contribution in [3.8, 4) is 0 Å². The maximum atomic E-state index is 9.36. The quantitative estimate of drug-likeness (QED) is 0.247. The van der Waals surface area contributed by atoms with Gasteiger partial charge in [-0.2, -0.15) is 0 Å². The molecular weight excluding hydrogens is 206 g/mol. The summed E-state index contributed by atoms with van der Waals surface area (Å²) in [5, 5.41) is 21.3. The van der Waals surface area contributed by atoms with Crippen molar-refractivity contribution in [2.75, 3.05) is 13.2 Å². The number of nitrogens with zero attached hydrogens (tertiary/aromatic N) is 3. The van der Waals surface area contributed by atoms with E-state index in [1.165, 1.54) is 19.3 Å². The topological polar surface area (TPSA) is 89.2 Å². The lowest BCUT2D eigenvalue weighted by atomic mass is 10.1. The zero-order valence-electron chi connectivity index (χ0n) is 9.88. The van der Waals surface area contributed by atoms with Crippen LogP contribution in [0.25, 0.3) is 10.4 Å². The Hall–Kier alpha value is -0.770. The first-order chi connectivity index (χ1) is 7.81. The Labute approximate surface area is 97.1 Å². The highest BCUT2D eigenvalue weighted by Crippen LogP contribution is 2.09. The molecule has 0 radical (unpaired) electrons. The lowest BCUT2D eigenvalue weighted by Gasteiger charge is -2.06. The van der Waals surface area contributed by atoms with E-state index in [0.29, 0.717) is 6.61 Å². The number of aliphatic hydroxyl groups excluding tert-OH is 2. The van der Waals surface area contributed by atoms with Gasteiger partial charge < -0.3 is 10.2 Å². The van der Waals surface area contributed by atoms with Crippen LogP contribution in [0.1, 0.15) is 51.4 Å². The maximum Gasteiger partial charge on any atom is 0.0596 e. The predicted octanol–water partition coefficient (Wildman–Crippen LogP) is 2.77. The van der Waals surface area contributed by atoms with Crippen LogP contribution < -0.4 is 0 Å². The van der Waals surface area contributed by atoms with Crippen LogP contribution in [0.4, 0.5) is 0 Å². The summed E-state index contributed by atoms with van der Waals surface area (Å²) < 4.78 is 0. The van der Waals surface area contributed by atoms with E-state index in [2.05, 4.69) is 10.0 Å². The van der Waals surface area contributed by atoms with Crippen molar-refractivity contribution in [2.45, 2.75) is 57.5 Å². The van der Waals surface area contributed by atoms with Crippen LogP contribution in [0.5, 0.6) is 0 Å². The molecule has 0 heterocycles. The summed E-state index contributed by atoms with van der Waals surface area (Å²) in [6.07, 6.45) is 7.92. The van der Waals surface area contributed by atoms with Gasteiger partial charge in [0, 0.05) is 11.5 Å². The fourth-order valence-corrected chi connectivity index (χ4v) is 1.60. The van der Waals surface area contributed by atoms with Crippen molar-refractivity contribution < 1.29 is 10.2 Å². The normalized spacial score (nSPS) is 12.1. The van der Waals surface area contributed by atoms with Gasteiger partial charge in [-0.25, -0.2) is 0 Å². The molecule has 0 aromatic rings. The summed E-state index contributed by atoms with van der Waals surface area (Å²) in [5.74, 6) is 0. The SMILES string of the molecule is [N-]=[N+]=NCC(O)CCCCCCCCCO. The molecule has 0 aliphatic rings. The molecule has 0 aromatic heterocycles. The largest absolute Gasteiger partial charge is 0.396 e. The molecule has 1 unspecified atom stereocenters. The number of hydrogen-bond acceptors (Lipinski definition) is 3. The van der Waals surface area contributed by atoms with E-state index < -0.39 is 6.10 Å². The molecule has 0 amide bonds. The molecule has 94 valence electrons. The summed E-state index contributed by atoms with van der Waals surface area (Å²) in [5.41, 5.74) is 8.06. The molecule has 16 heavy (non-hydrogen) atoms. The second kappa shape index (κ2) is 12.3. The van der Waals surface area contributed by atoms with E-state index in [-0.39, 0.29) is 6.54 Å². The molecule has 2 N–H and O–H groups in total. The second-order valence-electron chi connectivity index (χ2n) is 4.05. The first-order valence-corrected chi connectivity index (χ1v) is 6.11. The number of unbranched alkanes of at least 4 members (excludes halogenated alkanes) is 6. The van der Waals surface area contributed by atoms with Crippen LogP contribution in [0.15, 0.2) is 5.11 Å². The molecule has 0 saturated heterocycles. The molecule has 5 heteroatoms. The average Bonchev–Trinajstić information content (AvgIpc) is 2.30. The van der Waals surface area contributed by atoms with Crippen LogP contribution >= 0.6 is 0 Å². The average molecular weight is 229 g/mol. The van der Waals surface area contributed by atoms with Gasteiger partial charge in [-0.15, -0.1) is 0 Å². The zero-order chi connectivity index (χ0) is 12.1. The number of rotatable bonds is 11. The Morgan fingerprint density at radius 1 is 1.00 bits per heavy atom. The zero-order valence-corrected chi connectivity index (χ0v) is 9.88. The van der Waals surface area contributed by atoms with E-state index in [4.69, 9.17) is 10.6 Å². The fourth-order valence-electron chi connectivity index (χ4n) is 1.60. The molecule has 0 spiro atoms. The minimum atomic E-state index is -0.481. The Bertz CT molecular complexity index is 194. The van der Waals surface area contributed by atoms with E-state index in [0.717, 1.165) is 32.1 Å². The van der Waals surface area contributed by atoms with Gasteiger partial charge in [0.2, 0.25) is 0 Å². The van der Waals surface area contributed by atoms with Crippen LogP contribution in [0.2, 0.25) is 0 Å². The van der Waals surface area contributed by atoms with Crippen molar-refractivity contribution in [3.63, 3.8) is 0 Å². The molecule has 0 aliphatic heterocycles. The third kappa shape index (κ3) is 11.3. The van der Waals surface area contributed by atoms with Gasteiger partial charge in [0.05, 0.1) is 12.6 Å². The van der Waals surface area contributed by atoms with E-state index in [9.17, 15) is 5.11 Å². The second-order valence-corrected chi connectivity index (χ2v) is 4.05. The number of azide groups is 1. The smallest absolute Gasteiger partial charge is 0.0596 e. The highest BCUT2D eigenvalue weighted by molar-refractivity contribution is 4.59. The molecule has 0 rings (SSSR count). The first kappa shape index (κ1) is 15.2. The number of hydrogen-bond donors (Lipinski definition) is 2. The Kier molecular flexibility index (Phi) is 11.7. The van der Waals surface area contributed by atoms with Crippen molar-refractivity contribution in [1.82, 2.24) is 0 Å². The highest BCUT2D eigenvalue weighted by atomic mass is 16.3. The van der Waals surface area contributed by atoms with Crippen molar-refractivity contribution in [1.29, 1.82) is 0 Å².